The van der Waals surface area contributed by atoms with Gasteiger partial charge >= 0.3 is 0 Å². The summed E-state index contributed by atoms with van der Waals surface area (Å²) in [7, 11) is 0. The molecule has 0 radical (unpaired) electrons. The molecule has 0 aliphatic carbocycles. The number of para-hydroxylation sites is 2. The zero-order valence-electron chi connectivity index (χ0n) is 11.8. The summed E-state index contributed by atoms with van der Waals surface area (Å²) in [6, 6.07) is 10.3. The van der Waals surface area contributed by atoms with Crippen molar-refractivity contribution in [1.29, 1.82) is 0 Å². The summed E-state index contributed by atoms with van der Waals surface area (Å²) < 4.78 is 5.68. The molecule has 21 heavy (non-hydrogen) atoms. The van der Waals surface area contributed by atoms with Crippen LogP contribution in [0.2, 0.25) is 5.15 Å². The highest BCUT2D eigenvalue weighted by atomic mass is 35.5. The molecule has 110 valence electrons. The van der Waals surface area contributed by atoms with Crippen molar-refractivity contribution in [2.45, 2.75) is 13.8 Å². The molecule has 1 heterocycles. The van der Waals surface area contributed by atoms with E-state index in [0.29, 0.717) is 24.0 Å². The Bertz CT molecular complexity index is 615. The van der Waals surface area contributed by atoms with Gasteiger partial charge in [0, 0.05) is 0 Å². The summed E-state index contributed by atoms with van der Waals surface area (Å²) in [5, 5.41) is 10.4. The first-order valence-electron chi connectivity index (χ1n) is 6.58. The summed E-state index contributed by atoms with van der Waals surface area (Å²) in [6.07, 6.45) is 0. The number of rotatable bonds is 5. The minimum Gasteiger partial charge on any atom is -0.491 e. The van der Waals surface area contributed by atoms with E-state index in [9.17, 15) is 4.79 Å². The Labute approximate surface area is 128 Å². The molecule has 0 bridgehead atoms. The number of carbonyl (C=O) groups is 1. The monoisotopic (exact) mass is 305 g/mol. The fourth-order valence-electron chi connectivity index (χ4n) is 1.58. The molecular formula is C15H16ClN3O2. The molecule has 1 amide bonds. The van der Waals surface area contributed by atoms with Crippen molar-refractivity contribution in [2.24, 2.45) is 5.92 Å². The summed E-state index contributed by atoms with van der Waals surface area (Å²) in [4.78, 5) is 12.1. The van der Waals surface area contributed by atoms with Crippen LogP contribution in [-0.4, -0.2) is 22.7 Å². The first kappa shape index (κ1) is 15.3. The SMILES string of the molecule is CC(C)COc1ccccc1NC(=O)c1ccc(Cl)nn1. The van der Waals surface area contributed by atoms with Gasteiger partial charge in [0.1, 0.15) is 5.75 Å². The van der Waals surface area contributed by atoms with Crippen LogP contribution in [0.5, 0.6) is 5.75 Å². The number of nitrogens with zero attached hydrogens (tertiary/aromatic N) is 2. The van der Waals surface area contributed by atoms with Crippen LogP contribution in [-0.2, 0) is 0 Å². The molecule has 2 rings (SSSR count). The Kier molecular flexibility index (Phi) is 5.11. The molecule has 0 aliphatic heterocycles. The average Bonchev–Trinajstić information content (AvgIpc) is 2.47. The maximum Gasteiger partial charge on any atom is 0.276 e. The Hall–Kier alpha value is -2.14. The molecule has 2 aromatic rings. The van der Waals surface area contributed by atoms with Crippen molar-refractivity contribution in [3.8, 4) is 5.75 Å². The Morgan fingerprint density at radius 2 is 2.00 bits per heavy atom. The van der Waals surface area contributed by atoms with Gasteiger partial charge < -0.3 is 10.1 Å². The van der Waals surface area contributed by atoms with Crippen LogP contribution < -0.4 is 10.1 Å². The third-order valence-electron chi connectivity index (χ3n) is 2.57. The molecule has 0 unspecified atom stereocenters. The van der Waals surface area contributed by atoms with Gasteiger partial charge in [-0.25, -0.2) is 0 Å². The lowest BCUT2D eigenvalue weighted by molar-refractivity contribution is 0.102. The smallest absolute Gasteiger partial charge is 0.276 e. The second kappa shape index (κ2) is 7.04. The van der Waals surface area contributed by atoms with E-state index in [1.807, 2.05) is 18.2 Å². The van der Waals surface area contributed by atoms with Gasteiger partial charge in [0.25, 0.3) is 5.91 Å². The summed E-state index contributed by atoms with van der Waals surface area (Å²) in [5.74, 6) is 0.664. The van der Waals surface area contributed by atoms with Gasteiger partial charge in [-0.2, -0.15) is 0 Å². The Morgan fingerprint density at radius 3 is 2.67 bits per heavy atom. The van der Waals surface area contributed by atoms with Gasteiger partial charge in [-0.3, -0.25) is 4.79 Å². The van der Waals surface area contributed by atoms with Crippen molar-refractivity contribution in [2.75, 3.05) is 11.9 Å². The van der Waals surface area contributed by atoms with Crippen LogP contribution in [0.25, 0.3) is 0 Å². The normalized spacial score (nSPS) is 10.5. The van der Waals surface area contributed by atoms with E-state index < -0.39 is 0 Å². The summed E-state index contributed by atoms with van der Waals surface area (Å²) >= 11 is 5.65. The van der Waals surface area contributed by atoms with Crippen LogP contribution in [0.1, 0.15) is 24.3 Å². The van der Waals surface area contributed by atoms with Crippen molar-refractivity contribution in [3.05, 3.63) is 47.2 Å². The maximum absolute atomic E-state index is 12.1. The molecule has 0 saturated heterocycles. The van der Waals surface area contributed by atoms with E-state index in [-0.39, 0.29) is 16.8 Å². The molecule has 6 heteroatoms. The zero-order chi connectivity index (χ0) is 15.2. The first-order chi connectivity index (χ1) is 10.1. The number of ether oxygens (including phenoxy) is 1. The van der Waals surface area contributed by atoms with E-state index in [4.69, 9.17) is 16.3 Å². The Balaban J connectivity index is 2.11. The van der Waals surface area contributed by atoms with Crippen molar-refractivity contribution >= 4 is 23.2 Å². The summed E-state index contributed by atoms with van der Waals surface area (Å²) in [6.45, 7) is 4.70. The number of anilines is 1. The van der Waals surface area contributed by atoms with Gasteiger partial charge in [-0.05, 0) is 30.2 Å². The van der Waals surface area contributed by atoms with Gasteiger partial charge in [0.05, 0.1) is 12.3 Å². The molecule has 1 aromatic carbocycles. The van der Waals surface area contributed by atoms with Crippen LogP contribution in [0.4, 0.5) is 5.69 Å². The van der Waals surface area contributed by atoms with Crippen LogP contribution >= 0.6 is 11.6 Å². The molecule has 1 N–H and O–H groups in total. The van der Waals surface area contributed by atoms with E-state index in [1.165, 1.54) is 12.1 Å². The van der Waals surface area contributed by atoms with Crippen molar-refractivity contribution in [3.63, 3.8) is 0 Å². The van der Waals surface area contributed by atoms with Crippen LogP contribution in [0.15, 0.2) is 36.4 Å². The maximum atomic E-state index is 12.1. The fourth-order valence-corrected chi connectivity index (χ4v) is 1.68. The molecule has 0 aliphatic rings. The van der Waals surface area contributed by atoms with Gasteiger partial charge in [0.2, 0.25) is 0 Å². The Morgan fingerprint density at radius 1 is 1.24 bits per heavy atom. The average molecular weight is 306 g/mol. The van der Waals surface area contributed by atoms with E-state index in [0.717, 1.165) is 0 Å². The second-order valence-corrected chi connectivity index (χ2v) is 5.28. The number of hydrogen-bond acceptors (Lipinski definition) is 4. The van der Waals surface area contributed by atoms with Crippen molar-refractivity contribution < 1.29 is 9.53 Å². The number of nitrogens with one attached hydrogen (secondary N) is 1. The standard InChI is InChI=1S/C15H16ClN3O2/c1-10(2)9-21-13-6-4-3-5-11(13)17-15(20)12-7-8-14(16)19-18-12/h3-8,10H,9H2,1-2H3,(H,17,20). The van der Waals surface area contributed by atoms with E-state index in [1.54, 1.807) is 6.07 Å². The molecular weight excluding hydrogens is 290 g/mol. The molecule has 0 fully saturated rings. The minimum absolute atomic E-state index is 0.193. The number of hydrogen-bond donors (Lipinski definition) is 1. The highest BCUT2D eigenvalue weighted by molar-refractivity contribution is 6.29. The number of benzene rings is 1. The molecule has 0 spiro atoms. The lowest BCUT2D eigenvalue weighted by Gasteiger charge is -2.13. The lowest BCUT2D eigenvalue weighted by atomic mass is 10.2. The third kappa shape index (κ3) is 4.43. The molecule has 0 saturated carbocycles. The third-order valence-corrected chi connectivity index (χ3v) is 2.77. The molecule has 5 nitrogen and oxygen atoms in total. The van der Waals surface area contributed by atoms with Gasteiger partial charge in [-0.1, -0.05) is 37.6 Å². The quantitative estimate of drug-likeness (QED) is 0.919. The topological polar surface area (TPSA) is 64.1 Å². The van der Waals surface area contributed by atoms with Gasteiger partial charge in [0.15, 0.2) is 10.8 Å². The highest BCUT2D eigenvalue weighted by Crippen LogP contribution is 2.24. The predicted molar refractivity (Wildman–Crippen MR) is 81.8 cm³/mol. The number of halogens is 1. The number of carbonyl (C=O) groups excluding carboxylic acids is 1. The fraction of sp³-hybridized carbons (Fsp3) is 0.267. The van der Waals surface area contributed by atoms with E-state index in [2.05, 4.69) is 29.4 Å². The van der Waals surface area contributed by atoms with E-state index >= 15 is 0 Å². The second-order valence-electron chi connectivity index (χ2n) is 4.90. The molecule has 1 aromatic heterocycles. The van der Waals surface area contributed by atoms with Crippen LogP contribution in [0.3, 0.4) is 0 Å². The first-order valence-corrected chi connectivity index (χ1v) is 6.96. The van der Waals surface area contributed by atoms with Crippen molar-refractivity contribution in [1.82, 2.24) is 10.2 Å². The highest BCUT2D eigenvalue weighted by Gasteiger charge is 2.11. The lowest BCUT2D eigenvalue weighted by Crippen LogP contribution is -2.15. The largest absolute Gasteiger partial charge is 0.491 e. The van der Waals surface area contributed by atoms with Crippen LogP contribution in [0, 0.1) is 5.92 Å². The minimum atomic E-state index is -0.361. The number of amides is 1. The molecule has 0 atom stereocenters. The predicted octanol–water partition coefficient (Wildman–Crippen LogP) is 3.42. The summed E-state index contributed by atoms with van der Waals surface area (Å²) in [5.41, 5.74) is 0.790. The zero-order valence-corrected chi connectivity index (χ0v) is 12.6. The number of aromatic nitrogens is 2. The van der Waals surface area contributed by atoms with Gasteiger partial charge in [-0.15, -0.1) is 10.2 Å².